The average molecular weight is 375 g/mol. The van der Waals surface area contributed by atoms with E-state index in [2.05, 4.69) is 39.1 Å². The highest BCUT2D eigenvalue weighted by Gasteiger charge is 2.29. The van der Waals surface area contributed by atoms with Crippen LogP contribution in [0, 0.1) is 0 Å². The molecule has 2 aromatic heterocycles. The molecule has 0 saturated carbocycles. The maximum absolute atomic E-state index is 12.9. The zero-order chi connectivity index (χ0) is 19.1. The molecule has 1 aliphatic carbocycles. The van der Waals surface area contributed by atoms with E-state index in [0.717, 1.165) is 50.2 Å². The van der Waals surface area contributed by atoms with E-state index in [0.29, 0.717) is 11.6 Å². The van der Waals surface area contributed by atoms with E-state index in [1.54, 1.807) is 12.5 Å². The van der Waals surface area contributed by atoms with Crippen LogP contribution in [0.1, 0.15) is 27.9 Å². The summed E-state index contributed by atoms with van der Waals surface area (Å²) in [6, 6.07) is 11.3. The Morgan fingerprint density at radius 2 is 1.86 bits per heavy atom. The Labute approximate surface area is 164 Å². The molecule has 1 amide bonds. The van der Waals surface area contributed by atoms with Crippen LogP contribution >= 0.6 is 0 Å². The van der Waals surface area contributed by atoms with E-state index in [1.807, 2.05) is 22.6 Å². The fourth-order valence-corrected chi connectivity index (χ4v) is 4.60. The first-order chi connectivity index (χ1) is 13.7. The minimum atomic E-state index is 0.0636. The molecule has 1 fully saturated rings. The lowest BCUT2D eigenvalue weighted by Gasteiger charge is -2.41. The highest BCUT2D eigenvalue weighted by atomic mass is 16.2. The summed E-state index contributed by atoms with van der Waals surface area (Å²) >= 11 is 0. The van der Waals surface area contributed by atoms with Gasteiger partial charge in [0.05, 0.1) is 11.9 Å². The van der Waals surface area contributed by atoms with Crippen molar-refractivity contribution in [1.82, 2.24) is 24.3 Å². The highest BCUT2D eigenvalue weighted by molar-refractivity contribution is 5.96. The van der Waals surface area contributed by atoms with Crippen molar-refractivity contribution in [2.45, 2.75) is 25.3 Å². The van der Waals surface area contributed by atoms with Crippen molar-refractivity contribution in [2.24, 2.45) is 7.05 Å². The Balaban J connectivity index is 1.23. The molecular weight excluding hydrogens is 350 g/mol. The first-order valence-corrected chi connectivity index (χ1v) is 10.1. The molecule has 3 heterocycles. The first kappa shape index (κ1) is 17.4. The summed E-state index contributed by atoms with van der Waals surface area (Å²) in [6.45, 7) is 3.43. The van der Waals surface area contributed by atoms with Crippen LogP contribution in [0.5, 0.6) is 0 Å². The first-order valence-electron chi connectivity index (χ1n) is 10.1. The predicted octanol–water partition coefficient (Wildman–Crippen LogP) is 2.28. The number of carbonyl (C=O) groups is 1. The van der Waals surface area contributed by atoms with Gasteiger partial charge < -0.3 is 9.47 Å². The number of amides is 1. The van der Waals surface area contributed by atoms with Crippen molar-refractivity contribution in [3.63, 3.8) is 0 Å². The molecule has 0 unspecified atom stereocenters. The van der Waals surface area contributed by atoms with Crippen molar-refractivity contribution in [2.75, 3.05) is 26.2 Å². The minimum Gasteiger partial charge on any atom is -0.336 e. The Morgan fingerprint density at radius 1 is 1.07 bits per heavy atom. The number of fused-ring (bicyclic) bond motifs is 2. The van der Waals surface area contributed by atoms with Gasteiger partial charge in [0, 0.05) is 45.5 Å². The number of imidazole rings is 1. The van der Waals surface area contributed by atoms with E-state index < -0.39 is 0 Å². The van der Waals surface area contributed by atoms with Crippen LogP contribution < -0.4 is 0 Å². The van der Waals surface area contributed by atoms with Crippen LogP contribution in [0.4, 0.5) is 0 Å². The lowest BCUT2D eigenvalue weighted by molar-refractivity contribution is 0.0553. The molecular formula is C22H25N5O. The van der Waals surface area contributed by atoms with Gasteiger partial charge in [-0.15, -0.1) is 0 Å². The normalized spacial score (nSPS) is 20.3. The SMILES string of the molecule is Cn1cnc2cc(C(=O)N3CCN([C@@H]4CCc5ccccc5C4)CC3)cnc21. The second-order valence-electron chi connectivity index (χ2n) is 7.92. The van der Waals surface area contributed by atoms with Crippen molar-refractivity contribution >= 4 is 17.1 Å². The zero-order valence-electron chi connectivity index (χ0n) is 16.2. The molecule has 1 aliphatic heterocycles. The zero-order valence-corrected chi connectivity index (χ0v) is 16.2. The van der Waals surface area contributed by atoms with E-state index >= 15 is 0 Å². The summed E-state index contributed by atoms with van der Waals surface area (Å²) in [6.07, 6.45) is 6.91. The molecule has 0 radical (unpaired) electrons. The summed E-state index contributed by atoms with van der Waals surface area (Å²) < 4.78 is 1.87. The van der Waals surface area contributed by atoms with Gasteiger partial charge in [0.2, 0.25) is 0 Å². The number of aromatic nitrogens is 3. The molecule has 2 aliphatic rings. The van der Waals surface area contributed by atoms with Crippen LogP contribution in [-0.2, 0) is 19.9 Å². The van der Waals surface area contributed by atoms with Gasteiger partial charge in [-0.05, 0) is 36.5 Å². The minimum absolute atomic E-state index is 0.0636. The van der Waals surface area contributed by atoms with Crippen molar-refractivity contribution in [1.29, 1.82) is 0 Å². The van der Waals surface area contributed by atoms with Gasteiger partial charge in [-0.2, -0.15) is 0 Å². The molecule has 0 bridgehead atoms. The Morgan fingerprint density at radius 3 is 2.68 bits per heavy atom. The largest absolute Gasteiger partial charge is 0.336 e. The summed E-state index contributed by atoms with van der Waals surface area (Å²) in [5, 5.41) is 0. The fraction of sp³-hybridized carbons (Fsp3) is 0.409. The topological polar surface area (TPSA) is 54.3 Å². The van der Waals surface area contributed by atoms with Gasteiger partial charge in [0.15, 0.2) is 5.65 Å². The van der Waals surface area contributed by atoms with Crippen LogP contribution in [0.3, 0.4) is 0 Å². The number of carbonyl (C=O) groups excluding carboxylic acids is 1. The molecule has 6 nitrogen and oxygen atoms in total. The Bertz CT molecular complexity index is 1020. The number of rotatable bonds is 2. The summed E-state index contributed by atoms with van der Waals surface area (Å²) in [5.74, 6) is 0.0636. The van der Waals surface area contributed by atoms with Crippen LogP contribution in [-0.4, -0.2) is 62.5 Å². The maximum Gasteiger partial charge on any atom is 0.255 e. The van der Waals surface area contributed by atoms with Gasteiger partial charge >= 0.3 is 0 Å². The number of nitrogens with zero attached hydrogens (tertiary/aromatic N) is 5. The van der Waals surface area contributed by atoms with Gasteiger partial charge in [-0.1, -0.05) is 24.3 Å². The molecule has 6 heteroatoms. The van der Waals surface area contributed by atoms with E-state index in [4.69, 9.17) is 0 Å². The second kappa shape index (κ2) is 7.02. The third kappa shape index (κ3) is 3.07. The summed E-state index contributed by atoms with van der Waals surface area (Å²) in [7, 11) is 1.91. The number of hydrogen-bond acceptors (Lipinski definition) is 4. The molecule has 1 aromatic carbocycles. The quantitative estimate of drug-likeness (QED) is 0.690. The number of aryl methyl sites for hydroxylation is 2. The van der Waals surface area contributed by atoms with Gasteiger partial charge in [0.1, 0.15) is 5.52 Å². The average Bonchev–Trinajstić information content (AvgIpc) is 3.13. The molecule has 28 heavy (non-hydrogen) atoms. The third-order valence-electron chi connectivity index (χ3n) is 6.24. The lowest BCUT2D eigenvalue weighted by atomic mass is 9.87. The Kier molecular flexibility index (Phi) is 4.36. The third-order valence-corrected chi connectivity index (χ3v) is 6.24. The molecule has 144 valence electrons. The van der Waals surface area contributed by atoms with Gasteiger partial charge in [-0.25, -0.2) is 9.97 Å². The van der Waals surface area contributed by atoms with Crippen LogP contribution in [0.25, 0.3) is 11.2 Å². The molecule has 5 rings (SSSR count). The molecule has 1 saturated heterocycles. The van der Waals surface area contributed by atoms with Gasteiger partial charge in [-0.3, -0.25) is 9.69 Å². The van der Waals surface area contributed by atoms with Crippen LogP contribution in [0.2, 0.25) is 0 Å². The van der Waals surface area contributed by atoms with Crippen molar-refractivity contribution in [3.05, 3.63) is 59.5 Å². The van der Waals surface area contributed by atoms with Crippen molar-refractivity contribution < 1.29 is 4.79 Å². The molecule has 3 aromatic rings. The number of benzene rings is 1. The van der Waals surface area contributed by atoms with Gasteiger partial charge in [0.25, 0.3) is 5.91 Å². The molecule has 0 spiro atoms. The number of pyridine rings is 1. The summed E-state index contributed by atoms with van der Waals surface area (Å²) in [4.78, 5) is 26.2. The van der Waals surface area contributed by atoms with E-state index in [-0.39, 0.29) is 5.91 Å². The standard InChI is InChI=1S/C22H25N5O/c1-25-15-24-20-13-18(14-23-21(20)25)22(28)27-10-8-26(9-11-27)19-7-6-16-4-2-3-5-17(16)12-19/h2-5,13-15,19H,6-12H2,1H3/t19-/m1/s1. The lowest BCUT2D eigenvalue weighted by Crippen LogP contribution is -2.53. The van der Waals surface area contributed by atoms with Crippen LogP contribution in [0.15, 0.2) is 42.9 Å². The molecule has 1 atom stereocenters. The number of piperazine rings is 1. The fourth-order valence-electron chi connectivity index (χ4n) is 4.60. The molecule has 0 N–H and O–H groups in total. The second-order valence-corrected chi connectivity index (χ2v) is 7.92. The van der Waals surface area contributed by atoms with E-state index in [1.165, 1.54) is 17.5 Å². The predicted molar refractivity (Wildman–Crippen MR) is 108 cm³/mol. The monoisotopic (exact) mass is 375 g/mol. The maximum atomic E-state index is 12.9. The summed E-state index contributed by atoms with van der Waals surface area (Å²) in [5.41, 5.74) is 5.20. The van der Waals surface area contributed by atoms with Crippen molar-refractivity contribution in [3.8, 4) is 0 Å². The highest BCUT2D eigenvalue weighted by Crippen LogP contribution is 2.25. The Hall–Kier alpha value is -2.73. The van der Waals surface area contributed by atoms with E-state index in [9.17, 15) is 4.79 Å². The smallest absolute Gasteiger partial charge is 0.255 e. The number of hydrogen-bond donors (Lipinski definition) is 0.